The zero-order valence-electron chi connectivity index (χ0n) is 11.3. The number of ether oxygens (including phenoxy) is 1. The molecule has 19 heavy (non-hydrogen) atoms. The van der Waals surface area contributed by atoms with Gasteiger partial charge in [0, 0.05) is 13.1 Å². The van der Waals surface area contributed by atoms with Crippen LogP contribution in [0.15, 0.2) is 24.3 Å². The topological polar surface area (TPSA) is 49.8 Å². The Hall–Kier alpha value is -1.55. The molecule has 2 rings (SSSR count). The maximum Gasteiger partial charge on any atom is 0.335 e. The van der Waals surface area contributed by atoms with Crippen LogP contribution in [-0.2, 0) is 0 Å². The molecule has 0 saturated carbocycles. The van der Waals surface area contributed by atoms with Crippen LogP contribution in [0.25, 0.3) is 0 Å². The number of hydrogen-bond acceptors (Lipinski definition) is 3. The Morgan fingerprint density at radius 3 is 3.11 bits per heavy atom. The highest BCUT2D eigenvalue weighted by atomic mass is 16.5. The van der Waals surface area contributed by atoms with Crippen LogP contribution in [0.4, 0.5) is 0 Å². The summed E-state index contributed by atoms with van der Waals surface area (Å²) in [6.07, 6.45) is 2.58. The molecule has 1 fully saturated rings. The third-order valence-electron chi connectivity index (χ3n) is 3.50. The summed E-state index contributed by atoms with van der Waals surface area (Å²) in [5.74, 6) is 0.476. The van der Waals surface area contributed by atoms with E-state index in [9.17, 15) is 4.79 Å². The minimum atomic E-state index is -0.921. The standard InChI is InChI=1S/C15H21NO3/c1-12-4-3-7-16(11-12)8-9-19-14-6-2-5-13(10-14)15(17)18/h2,5-6,10,12H,3-4,7-9,11H2,1H3,(H,17,18). The predicted molar refractivity (Wildman–Crippen MR) is 73.7 cm³/mol. The number of carboxylic acid groups (broad SMARTS) is 1. The highest BCUT2D eigenvalue weighted by Crippen LogP contribution is 2.16. The van der Waals surface area contributed by atoms with Crippen LogP contribution in [0.2, 0.25) is 0 Å². The number of carboxylic acids is 1. The molecule has 1 aromatic carbocycles. The van der Waals surface area contributed by atoms with E-state index in [1.54, 1.807) is 24.3 Å². The molecule has 1 heterocycles. The molecule has 1 saturated heterocycles. The van der Waals surface area contributed by atoms with Gasteiger partial charge in [-0.05, 0) is 43.5 Å². The Labute approximate surface area is 114 Å². The number of rotatable bonds is 5. The van der Waals surface area contributed by atoms with Crippen molar-refractivity contribution >= 4 is 5.97 Å². The summed E-state index contributed by atoms with van der Waals surface area (Å²) < 4.78 is 5.63. The van der Waals surface area contributed by atoms with Crippen molar-refractivity contribution in [2.75, 3.05) is 26.2 Å². The average Bonchev–Trinajstić information content (AvgIpc) is 2.39. The Bertz CT molecular complexity index is 433. The normalized spacial score (nSPS) is 20.2. The van der Waals surface area contributed by atoms with Gasteiger partial charge in [0.15, 0.2) is 0 Å². The Morgan fingerprint density at radius 2 is 2.37 bits per heavy atom. The second-order valence-electron chi connectivity index (χ2n) is 5.23. The highest BCUT2D eigenvalue weighted by Gasteiger charge is 2.15. The van der Waals surface area contributed by atoms with Gasteiger partial charge < -0.3 is 9.84 Å². The number of piperidine rings is 1. The molecule has 0 bridgehead atoms. The van der Waals surface area contributed by atoms with Crippen molar-refractivity contribution in [2.24, 2.45) is 5.92 Å². The fraction of sp³-hybridized carbons (Fsp3) is 0.533. The summed E-state index contributed by atoms with van der Waals surface area (Å²) in [7, 11) is 0. The van der Waals surface area contributed by atoms with Gasteiger partial charge in [0.2, 0.25) is 0 Å². The fourth-order valence-corrected chi connectivity index (χ4v) is 2.50. The van der Waals surface area contributed by atoms with Crippen molar-refractivity contribution in [3.63, 3.8) is 0 Å². The maximum absolute atomic E-state index is 10.8. The van der Waals surface area contributed by atoms with E-state index in [1.165, 1.54) is 12.8 Å². The van der Waals surface area contributed by atoms with Crippen LogP contribution in [0.3, 0.4) is 0 Å². The van der Waals surface area contributed by atoms with Crippen molar-refractivity contribution in [3.05, 3.63) is 29.8 Å². The summed E-state index contributed by atoms with van der Waals surface area (Å²) in [4.78, 5) is 13.3. The lowest BCUT2D eigenvalue weighted by Crippen LogP contribution is -2.37. The van der Waals surface area contributed by atoms with Gasteiger partial charge in [-0.2, -0.15) is 0 Å². The van der Waals surface area contributed by atoms with Crippen LogP contribution >= 0.6 is 0 Å². The van der Waals surface area contributed by atoms with E-state index in [1.807, 2.05) is 0 Å². The Balaban J connectivity index is 1.79. The van der Waals surface area contributed by atoms with Crippen LogP contribution in [-0.4, -0.2) is 42.2 Å². The summed E-state index contributed by atoms with van der Waals surface area (Å²) in [5.41, 5.74) is 0.268. The number of carbonyl (C=O) groups is 1. The molecule has 0 radical (unpaired) electrons. The second-order valence-corrected chi connectivity index (χ2v) is 5.23. The lowest BCUT2D eigenvalue weighted by molar-refractivity contribution is 0.0696. The minimum Gasteiger partial charge on any atom is -0.492 e. The molecule has 1 atom stereocenters. The van der Waals surface area contributed by atoms with Gasteiger partial charge in [-0.1, -0.05) is 13.0 Å². The van der Waals surface area contributed by atoms with Crippen LogP contribution in [0, 0.1) is 5.92 Å². The van der Waals surface area contributed by atoms with E-state index >= 15 is 0 Å². The maximum atomic E-state index is 10.8. The van der Waals surface area contributed by atoms with E-state index < -0.39 is 5.97 Å². The molecular weight excluding hydrogens is 242 g/mol. The lowest BCUT2D eigenvalue weighted by Gasteiger charge is -2.30. The fourth-order valence-electron chi connectivity index (χ4n) is 2.50. The first-order valence-electron chi connectivity index (χ1n) is 6.83. The number of benzene rings is 1. The van der Waals surface area contributed by atoms with Crippen molar-refractivity contribution in [1.82, 2.24) is 4.90 Å². The SMILES string of the molecule is CC1CCCN(CCOc2cccc(C(=O)O)c2)C1. The third-order valence-corrected chi connectivity index (χ3v) is 3.50. The summed E-state index contributed by atoms with van der Waals surface area (Å²) in [6, 6.07) is 6.65. The van der Waals surface area contributed by atoms with E-state index in [2.05, 4.69) is 11.8 Å². The van der Waals surface area contributed by atoms with Crippen LogP contribution in [0.1, 0.15) is 30.1 Å². The molecule has 1 aromatic rings. The molecule has 1 unspecified atom stereocenters. The average molecular weight is 263 g/mol. The summed E-state index contributed by atoms with van der Waals surface area (Å²) in [5, 5.41) is 8.90. The smallest absolute Gasteiger partial charge is 0.335 e. The molecule has 104 valence electrons. The second kappa shape index (κ2) is 6.57. The molecule has 1 aliphatic heterocycles. The molecule has 1 N–H and O–H groups in total. The third kappa shape index (κ3) is 4.24. The number of likely N-dealkylation sites (tertiary alicyclic amines) is 1. The van der Waals surface area contributed by atoms with Crippen LogP contribution in [0.5, 0.6) is 5.75 Å². The van der Waals surface area contributed by atoms with E-state index in [0.29, 0.717) is 12.4 Å². The minimum absolute atomic E-state index is 0.268. The monoisotopic (exact) mass is 263 g/mol. The van der Waals surface area contributed by atoms with Gasteiger partial charge in [-0.3, -0.25) is 4.90 Å². The molecule has 4 nitrogen and oxygen atoms in total. The largest absolute Gasteiger partial charge is 0.492 e. The molecule has 4 heteroatoms. The van der Waals surface area contributed by atoms with Gasteiger partial charge in [-0.15, -0.1) is 0 Å². The molecule has 0 spiro atoms. The Kier molecular flexibility index (Phi) is 4.80. The van der Waals surface area contributed by atoms with Gasteiger partial charge >= 0.3 is 5.97 Å². The van der Waals surface area contributed by atoms with Crippen molar-refractivity contribution < 1.29 is 14.6 Å². The first kappa shape index (κ1) is 13.9. The summed E-state index contributed by atoms with van der Waals surface area (Å²) >= 11 is 0. The predicted octanol–water partition coefficient (Wildman–Crippen LogP) is 2.50. The molecule has 1 aliphatic rings. The highest BCUT2D eigenvalue weighted by molar-refractivity contribution is 5.87. The zero-order chi connectivity index (χ0) is 13.7. The first-order valence-corrected chi connectivity index (χ1v) is 6.83. The number of aromatic carboxylic acids is 1. The quantitative estimate of drug-likeness (QED) is 0.886. The number of nitrogens with zero attached hydrogens (tertiary/aromatic N) is 1. The van der Waals surface area contributed by atoms with E-state index in [-0.39, 0.29) is 5.56 Å². The van der Waals surface area contributed by atoms with Crippen LogP contribution < -0.4 is 4.74 Å². The van der Waals surface area contributed by atoms with Crippen molar-refractivity contribution in [2.45, 2.75) is 19.8 Å². The van der Waals surface area contributed by atoms with Gasteiger partial charge in [0.25, 0.3) is 0 Å². The molecule has 0 amide bonds. The van der Waals surface area contributed by atoms with Crippen molar-refractivity contribution in [1.29, 1.82) is 0 Å². The van der Waals surface area contributed by atoms with Gasteiger partial charge in [0.05, 0.1) is 5.56 Å². The Morgan fingerprint density at radius 1 is 1.53 bits per heavy atom. The van der Waals surface area contributed by atoms with E-state index in [0.717, 1.165) is 25.6 Å². The zero-order valence-corrected chi connectivity index (χ0v) is 11.3. The first-order chi connectivity index (χ1) is 9.15. The van der Waals surface area contributed by atoms with Gasteiger partial charge in [-0.25, -0.2) is 4.79 Å². The van der Waals surface area contributed by atoms with E-state index in [4.69, 9.17) is 9.84 Å². The number of hydrogen-bond donors (Lipinski definition) is 1. The molecule has 0 aliphatic carbocycles. The lowest BCUT2D eigenvalue weighted by atomic mass is 10.0. The van der Waals surface area contributed by atoms with Crippen molar-refractivity contribution in [3.8, 4) is 5.75 Å². The molecular formula is C15H21NO3. The molecule has 0 aromatic heterocycles. The summed E-state index contributed by atoms with van der Waals surface area (Å²) in [6.45, 7) is 6.07. The van der Waals surface area contributed by atoms with Gasteiger partial charge in [0.1, 0.15) is 12.4 Å².